The Balaban J connectivity index is 0.00000199. The SMILES string of the molecule is CC.CC(C(=O)NCc1cc(C(F)(F)F)nn1-c1cccc(Cl)c1)c1ccc(CCO)c(F)c1. The highest BCUT2D eigenvalue weighted by atomic mass is 35.5. The summed E-state index contributed by atoms with van der Waals surface area (Å²) in [4.78, 5) is 12.6. The summed E-state index contributed by atoms with van der Waals surface area (Å²) >= 11 is 5.95. The average Bonchev–Trinajstić information content (AvgIpc) is 3.25. The summed E-state index contributed by atoms with van der Waals surface area (Å²) in [6, 6.07) is 11.3. The van der Waals surface area contributed by atoms with E-state index in [9.17, 15) is 22.4 Å². The van der Waals surface area contributed by atoms with Crippen LogP contribution in [-0.2, 0) is 23.9 Å². The summed E-state index contributed by atoms with van der Waals surface area (Å²) < 4.78 is 54.8. The molecule has 0 spiro atoms. The molecule has 34 heavy (non-hydrogen) atoms. The molecule has 0 saturated carbocycles. The molecule has 0 aliphatic heterocycles. The van der Waals surface area contributed by atoms with Crippen molar-refractivity contribution in [2.45, 2.75) is 45.8 Å². The van der Waals surface area contributed by atoms with E-state index in [1.54, 1.807) is 31.2 Å². The van der Waals surface area contributed by atoms with Crippen LogP contribution in [0.4, 0.5) is 17.6 Å². The first-order chi connectivity index (χ1) is 16.1. The van der Waals surface area contributed by atoms with E-state index in [1.807, 2.05) is 13.8 Å². The van der Waals surface area contributed by atoms with Crippen LogP contribution >= 0.6 is 11.6 Å². The Labute approximate surface area is 200 Å². The topological polar surface area (TPSA) is 67.2 Å². The fraction of sp³-hybridized carbons (Fsp3) is 0.333. The zero-order valence-electron chi connectivity index (χ0n) is 19.0. The van der Waals surface area contributed by atoms with E-state index in [0.29, 0.717) is 21.8 Å². The highest BCUT2D eigenvalue weighted by molar-refractivity contribution is 6.30. The van der Waals surface area contributed by atoms with Crippen LogP contribution < -0.4 is 5.32 Å². The van der Waals surface area contributed by atoms with Crippen molar-refractivity contribution in [3.05, 3.63) is 81.9 Å². The molecule has 5 nitrogen and oxygen atoms in total. The number of carbonyl (C=O) groups is 1. The summed E-state index contributed by atoms with van der Waals surface area (Å²) in [6.07, 6.45) is -4.51. The van der Waals surface area contributed by atoms with Crippen LogP contribution in [0.15, 0.2) is 48.5 Å². The second kappa shape index (κ2) is 12.0. The smallest absolute Gasteiger partial charge is 0.396 e. The molecule has 0 radical (unpaired) electrons. The van der Waals surface area contributed by atoms with Crippen molar-refractivity contribution in [3.63, 3.8) is 0 Å². The average molecular weight is 500 g/mol. The molecular formula is C24H26ClF4N3O2. The van der Waals surface area contributed by atoms with E-state index in [2.05, 4.69) is 10.4 Å². The van der Waals surface area contributed by atoms with E-state index >= 15 is 0 Å². The molecule has 2 aromatic carbocycles. The lowest BCUT2D eigenvalue weighted by Crippen LogP contribution is -2.28. The molecule has 0 aliphatic rings. The highest BCUT2D eigenvalue weighted by Crippen LogP contribution is 2.30. The molecule has 1 amide bonds. The van der Waals surface area contributed by atoms with E-state index in [1.165, 1.54) is 18.2 Å². The fourth-order valence-electron chi connectivity index (χ4n) is 3.15. The van der Waals surface area contributed by atoms with Crippen molar-refractivity contribution in [3.8, 4) is 5.69 Å². The molecule has 3 rings (SSSR count). The maximum absolute atomic E-state index is 14.1. The van der Waals surface area contributed by atoms with Crippen LogP contribution in [0.25, 0.3) is 5.69 Å². The molecule has 1 unspecified atom stereocenters. The van der Waals surface area contributed by atoms with Crippen LogP contribution in [0.5, 0.6) is 0 Å². The molecular weight excluding hydrogens is 474 g/mol. The number of nitrogens with one attached hydrogen (secondary N) is 1. The van der Waals surface area contributed by atoms with Gasteiger partial charge in [0.1, 0.15) is 5.82 Å². The van der Waals surface area contributed by atoms with Gasteiger partial charge in [-0.15, -0.1) is 0 Å². The molecule has 0 fully saturated rings. The van der Waals surface area contributed by atoms with Gasteiger partial charge >= 0.3 is 6.18 Å². The van der Waals surface area contributed by atoms with Crippen LogP contribution in [0.3, 0.4) is 0 Å². The normalized spacial score (nSPS) is 12.0. The first-order valence-corrected chi connectivity index (χ1v) is 11.1. The predicted molar refractivity (Wildman–Crippen MR) is 122 cm³/mol. The minimum absolute atomic E-state index is 0.101. The Hall–Kier alpha value is -2.91. The molecule has 0 bridgehead atoms. The van der Waals surface area contributed by atoms with Crippen molar-refractivity contribution in [2.24, 2.45) is 0 Å². The number of halogens is 5. The van der Waals surface area contributed by atoms with Crippen LogP contribution in [0, 0.1) is 5.82 Å². The third-order valence-electron chi connectivity index (χ3n) is 4.92. The van der Waals surface area contributed by atoms with Crippen LogP contribution in [0.2, 0.25) is 5.02 Å². The van der Waals surface area contributed by atoms with Gasteiger partial charge in [0.05, 0.1) is 23.8 Å². The van der Waals surface area contributed by atoms with E-state index in [0.717, 1.165) is 10.7 Å². The van der Waals surface area contributed by atoms with Crippen molar-refractivity contribution in [1.82, 2.24) is 15.1 Å². The van der Waals surface area contributed by atoms with Gasteiger partial charge < -0.3 is 10.4 Å². The number of carbonyl (C=O) groups excluding carboxylic acids is 1. The van der Waals surface area contributed by atoms with Gasteiger partial charge in [0.25, 0.3) is 0 Å². The van der Waals surface area contributed by atoms with Gasteiger partial charge in [-0.1, -0.05) is 43.6 Å². The number of hydrogen-bond donors (Lipinski definition) is 2. The number of aliphatic hydroxyl groups is 1. The number of aromatic nitrogens is 2. The number of hydrogen-bond acceptors (Lipinski definition) is 3. The lowest BCUT2D eigenvalue weighted by atomic mass is 9.98. The molecule has 184 valence electrons. The van der Waals surface area contributed by atoms with Crippen molar-refractivity contribution < 1.29 is 27.5 Å². The lowest BCUT2D eigenvalue weighted by Gasteiger charge is -2.14. The fourth-order valence-corrected chi connectivity index (χ4v) is 3.34. The number of aliphatic hydroxyl groups excluding tert-OH is 1. The largest absolute Gasteiger partial charge is 0.435 e. The van der Waals surface area contributed by atoms with E-state index in [4.69, 9.17) is 16.7 Å². The van der Waals surface area contributed by atoms with Gasteiger partial charge in [0.15, 0.2) is 5.69 Å². The van der Waals surface area contributed by atoms with Crippen LogP contribution in [-0.4, -0.2) is 27.4 Å². The molecule has 1 aromatic heterocycles. The Morgan fingerprint density at radius 2 is 1.88 bits per heavy atom. The number of alkyl halides is 3. The Kier molecular flexibility index (Phi) is 9.64. The van der Waals surface area contributed by atoms with Crippen molar-refractivity contribution >= 4 is 17.5 Å². The van der Waals surface area contributed by atoms with Crippen molar-refractivity contribution in [2.75, 3.05) is 6.61 Å². The molecule has 1 heterocycles. The van der Waals surface area contributed by atoms with E-state index < -0.39 is 29.5 Å². The number of amides is 1. The second-order valence-corrected chi connectivity index (χ2v) is 7.61. The molecule has 1 atom stereocenters. The first-order valence-electron chi connectivity index (χ1n) is 10.7. The van der Waals surface area contributed by atoms with Gasteiger partial charge in [-0.3, -0.25) is 4.79 Å². The number of nitrogens with zero attached hydrogens (tertiary/aromatic N) is 2. The molecule has 0 saturated heterocycles. The van der Waals surface area contributed by atoms with Crippen LogP contribution in [0.1, 0.15) is 49.2 Å². The summed E-state index contributed by atoms with van der Waals surface area (Å²) in [7, 11) is 0. The Morgan fingerprint density at radius 3 is 2.47 bits per heavy atom. The summed E-state index contributed by atoms with van der Waals surface area (Å²) in [5, 5.41) is 15.5. The zero-order valence-corrected chi connectivity index (χ0v) is 19.7. The van der Waals surface area contributed by atoms with Gasteiger partial charge in [-0.25, -0.2) is 9.07 Å². The maximum atomic E-state index is 14.1. The standard InChI is InChI=1S/C22H20ClF4N3O2.C2H6/c1-13(15-6-5-14(7-8-31)19(24)9-15)21(32)28-12-18-11-20(22(25,26)27)29-30(18)17-4-2-3-16(23)10-17;1-2/h2-6,9-11,13,31H,7-8,12H2,1H3,(H,28,32);1-2H3. The first kappa shape index (κ1) is 27.3. The lowest BCUT2D eigenvalue weighted by molar-refractivity contribution is -0.141. The van der Waals surface area contributed by atoms with E-state index in [-0.39, 0.29) is 25.3 Å². The quantitative estimate of drug-likeness (QED) is 0.412. The maximum Gasteiger partial charge on any atom is 0.435 e. The highest BCUT2D eigenvalue weighted by Gasteiger charge is 2.35. The Morgan fingerprint density at radius 1 is 1.18 bits per heavy atom. The molecule has 0 aliphatic carbocycles. The summed E-state index contributed by atoms with van der Waals surface area (Å²) in [5.41, 5.74) is 0.0442. The van der Waals surface area contributed by atoms with Gasteiger partial charge in [-0.05, 0) is 54.8 Å². The number of benzene rings is 2. The number of rotatable bonds is 7. The minimum atomic E-state index is -4.66. The third kappa shape index (κ3) is 6.80. The summed E-state index contributed by atoms with van der Waals surface area (Å²) in [5.74, 6) is -1.78. The van der Waals surface area contributed by atoms with Gasteiger partial charge in [0.2, 0.25) is 5.91 Å². The van der Waals surface area contributed by atoms with Gasteiger partial charge in [0, 0.05) is 11.6 Å². The third-order valence-corrected chi connectivity index (χ3v) is 5.16. The van der Waals surface area contributed by atoms with Crippen molar-refractivity contribution in [1.29, 1.82) is 0 Å². The minimum Gasteiger partial charge on any atom is -0.396 e. The zero-order chi connectivity index (χ0) is 25.5. The van der Waals surface area contributed by atoms with Gasteiger partial charge in [-0.2, -0.15) is 18.3 Å². The molecule has 3 aromatic rings. The molecule has 2 N–H and O–H groups in total. The second-order valence-electron chi connectivity index (χ2n) is 7.17. The summed E-state index contributed by atoms with van der Waals surface area (Å²) in [6.45, 7) is 5.13. The molecule has 10 heteroatoms. The predicted octanol–water partition coefficient (Wildman–Crippen LogP) is 5.66. The Bertz CT molecular complexity index is 1120. The monoisotopic (exact) mass is 499 g/mol.